The van der Waals surface area contributed by atoms with Crippen molar-refractivity contribution in [3.8, 4) is 0 Å². The first-order valence-corrected chi connectivity index (χ1v) is 10.2. The number of Topliss-reactive ketones (excluding diaryl/α,β-unsaturated/α-hetero) is 1. The highest BCUT2D eigenvalue weighted by molar-refractivity contribution is 5.99. The lowest BCUT2D eigenvalue weighted by molar-refractivity contribution is -0.117. The minimum atomic E-state index is 0.0126. The van der Waals surface area contributed by atoms with Crippen LogP contribution in [0.5, 0.6) is 0 Å². The van der Waals surface area contributed by atoms with Crippen LogP contribution in [0, 0.1) is 27.7 Å². The van der Waals surface area contributed by atoms with Crippen LogP contribution in [-0.4, -0.2) is 65.3 Å². The summed E-state index contributed by atoms with van der Waals surface area (Å²) < 4.78 is 2.06. The number of rotatable bonds is 6. The Kier molecular flexibility index (Phi) is 6.55. The highest BCUT2D eigenvalue weighted by atomic mass is 16.2. The fraction of sp³-hybridized carbons (Fsp3) is 0.478. The maximum Gasteiger partial charge on any atom is 0.238 e. The summed E-state index contributed by atoms with van der Waals surface area (Å²) in [5, 5.41) is 3.03. The van der Waals surface area contributed by atoms with Crippen LogP contribution >= 0.6 is 0 Å². The van der Waals surface area contributed by atoms with Crippen molar-refractivity contribution in [2.24, 2.45) is 7.05 Å². The first kappa shape index (κ1) is 21.3. The van der Waals surface area contributed by atoms with Crippen LogP contribution < -0.4 is 5.32 Å². The molecule has 0 bridgehead atoms. The third-order valence-corrected chi connectivity index (χ3v) is 6.15. The SMILES string of the molecule is Cc1cccc(NC(=O)CN2CCN(CC(=O)c3cc(C)n(C)c3C)CC2)c1C. The molecule has 0 saturated carbocycles. The van der Waals surface area contributed by atoms with Crippen LogP contribution in [0.25, 0.3) is 0 Å². The molecule has 1 N–H and O–H groups in total. The largest absolute Gasteiger partial charge is 0.351 e. The molecule has 1 aromatic heterocycles. The minimum Gasteiger partial charge on any atom is -0.351 e. The molecule has 2 aromatic rings. The van der Waals surface area contributed by atoms with Gasteiger partial charge in [-0.1, -0.05) is 12.1 Å². The number of aryl methyl sites for hydroxylation is 2. The molecule has 1 aliphatic heterocycles. The Morgan fingerprint density at radius 1 is 0.966 bits per heavy atom. The average molecular weight is 397 g/mol. The molecule has 0 atom stereocenters. The summed E-state index contributed by atoms with van der Waals surface area (Å²) in [6, 6.07) is 7.93. The molecular formula is C23H32N4O2. The zero-order chi connectivity index (χ0) is 21.1. The molecule has 6 heteroatoms. The summed E-state index contributed by atoms with van der Waals surface area (Å²) in [7, 11) is 1.99. The van der Waals surface area contributed by atoms with Crippen molar-refractivity contribution >= 4 is 17.4 Å². The number of benzene rings is 1. The molecule has 1 amide bonds. The number of hydrogen-bond acceptors (Lipinski definition) is 4. The summed E-state index contributed by atoms with van der Waals surface area (Å²) in [5.41, 5.74) is 6.11. The van der Waals surface area contributed by atoms with E-state index in [2.05, 4.69) is 19.7 Å². The summed E-state index contributed by atoms with van der Waals surface area (Å²) in [6.07, 6.45) is 0. The van der Waals surface area contributed by atoms with Crippen LogP contribution in [0.2, 0.25) is 0 Å². The number of anilines is 1. The van der Waals surface area contributed by atoms with Gasteiger partial charge in [0, 0.05) is 55.9 Å². The van der Waals surface area contributed by atoms with Gasteiger partial charge in [-0.25, -0.2) is 0 Å². The number of ketones is 1. The Balaban J connectivity index is 1.47. The van der Waals surface area contributed by atoms with Gasteiger partial charge in [0.05, 0.1) is 13.1 Å². The zero-order valence-electron chi connectivity index (χ0n) is 18.2. The highest BCUT2D eigenvalue weighted by Crippen LogP contribution is 2.18. The maximum atomic E-state index is 12.7. The summed E-state index contributed by atoms with van der Waals surface area (Å²) >= 11 is 0. The topological polar surface area (TPSA) is 57.6 Å². The highest BCUT2D eigenvalue weighted by Gasteiger charge is 2.22. The molecule has 0 unspecified atom stereocenters. The van der Waals surface area contributed by atoms with Crippen molar-refractivity contribution in [3.63, 3.8) is 0 Å². The van der Waals surface area contributed by atoms with Crippen molar-refractivity contribution < 1.29 is 9.59 Å². The maximum absolute atomic E-state index is 12.7. The number of piperazine rings is 1. The van der Waals surface area contributed by atoms with Gasteiger partial charge < -0.3 is 9.88 Å². The first-order valence-electron chi connectivity index (χ1n) is 10.2. The number of amides is 1. The molecule has 1 fully saturated rings. The van der Waals surface area contributed by atoms with E-state index >= 15 is 0 Å². The van der Waals surface area contributed by atoms with Crippen molar-refractivity contribution in [3.05, 3.63) is 52.3 Å². The van der Waals surface area contributed by atoms with Gasteiger partial charge in [-0.3, -0.25) is 19.4 Å². The van der Waals surface area contributed by atoms with Crippen LogP contribution in [0.3, 0.4) is 0 Å². The van der Waals surface area contributed by atoms with Crippen LogP contribution in [0.15, 0.2) is 24.3 Å². The lowest BCUT2D eigenvalue weighted by Crippen LogP contribution is -2.49. The van der Waals surface area contributed by atoms with Gasteiger partial charge in [0.1, 0.15) is 0 Å². The van der Waals surface area contributed by atoms with Crippen molar-refractivity contribution in [1.29, 1.82) is 0 Å². The van der Waals surface area contributed by atoms with E-state index in [1.54, 1.807) is 0 Å². The van der Waals surface area contributed by atoms with Gasteiger partial charge in [0.2, 0.25) is 5.91 Å². The number of nitrogens with zero attached hydrogens (tertiary/aromatic N) is 3. The Bertz CT molecular complexity index is 908. The molecular weight excluding hydrogens is 364 g/mol. The Morgan fingerprint density at radius 3 is 2.17 bits per heavy atom. The number of aromatic nitrogens is 1. The fourth-order valence-corrected chi connectivity index (χ4v) is 3.81. The fourth-order valence-electron chi connectivity index (χ4n) is 3.81. The van der Waals surface area contributed by atoms with Crippen molar-refractivity contribution in [1.82, 2.24) is 14.4 Å². The van der Waals surface area contributed by atoms with Gasteiger partial charge in [0.25, 0.3) is 0 Å². The van der Waals surface area contributed by atoms with E-state index in [9.17, 15) is 9.59 Å². The molecule has 6 nitrogen and oxygen atoms in total. The molecule has 3 rings (SSSR count). The predicted molar refractivity (Wildman–Crippen MR) is 117 cm³/mol. The number of hydrogen-bond donors (Lipinski definition) is 1. The number of carbonyl (C=O) groups excluding carboxylic acids is 2. The van der Waals surface area contributed by atoms with E-state index in [0.29, 0.717) is 13.1 Å². The molecule has 156 valence electrons. The monoisotopic (exact) mass is 396 g/mol. The quantitative estimate of drug-likeness (QED) is 0.763. The third kappa shape index (κ3) is 4.95. The molecule has 29 heavy (non-hydrogen) atoms. The predicted octanol–water partition coefficient (Wildman–Crippen LogP) is 2.70. The van der Waals surface area contributed by atoms with E-state index in [0.717, 1.165) is 54.4 Å². The molecule has 0 radical (unpaired) electrons. The Hall–Kier alpha value is -2.44. The summed E-state index contributed by atoms with van der Waals surface area (Å²) in [6.45, 7) is 12.1. The second-order valence-corrected chi connectivity index (χ2v) is 8.11. The van der Waals surface area contributed by atoms with Gasteiger partial charge in [-0.15, -0.1) is 0 Å². The van der Waals surface area contributed by atoms with Crippen LogP contribution in [0.4, 0.5) is 5.69 Å². The second-order valence-electron chi connectivity index (χ2n) is 8.11. The van der Waals surface area contributed by atoms with Crippen molar-refractivity contribution in [2.45, 2.75) is 27.7 Å². The lowest BCUT2D eigenvalue weighted by atomic mass is 10.1. The van der Waals surface area contributed by atoms with Gasteiger partial charge in [0.15, 0.2) is 5.78 Å². The second kappa shape index (κ2) is 8.93. The van der Waals surface area contributed by atoms with Gasteiger partial charge >= 0.3 is 0 Å². The third-order valence-electron chi connectivity index (χ3n) is 6.15. The standard InChI is InChI=1S/C23H32N4O2/c1-16-7-6-8-21(18(16)3)24-23(29)15-27-11-9-26(10-12-27)14-22(28)20-13-17(2)25(5)19(20)4/h6-8,13H,9-12,14-15H2,1-5H3,(H,24,29). The van der Waals surface area contributed by atoms with E-state index in [1.807, 2.05) is 59.0 Å². The normalized spacial score (nSPS) is 15.5. The summed E-state index contributed by atoms with van der Waals surface area (Å²) in [5.74, 6) is 0.186. The zero-order valence-corrected chi connectivity index (χ0v) is 18.2. The smallest absolute Gasteiger partial charge is 0.238 e. The van der Waals surface area contributed by atoms with E-state index in [4.69, 9.17) is 0 Å². The molecule has 2 heterocycles. The lowest BCUT2D eigenvalue weighted by Gasteiger charge is -2.33. The van der Waals surface area contributed by atoms with Gasteiger partial charge in [-0.2, -0.15) is 0 Å². The molecule has 0 spiro atoms. The Morgan fingerprint density at radius 2 is 1.59 bits per heavy atom. The van der Waals surface area contributed by atoms with E-state index in [1.165, 1.54) is 5.56 Å². The average Bonchev–Trinajstić information content (AvgIpc) is 2.94. The minimum absolute atomic E-state index is 0.0126. The molecule has 1 aliphatic rings. The first-order chi connectivity index (χ1) is 13.8. The van der Waals surface area contributed by atoms with Crippen LogP contribution in [-0.2, 0) is 11.8 Å². The van der Waals surface area contributed by atoms with Gasteiger partial charge in [-0.05, 0) is 51.0 Å². The molecule has 1 aromatic carbocycles. The van der Waals surface area contributed by atoms with Crippen molar-refractivity contribution in [2.75, 3.05) is 44.6 Å². The Labute approximate surface area is 173 Å². The molecule has 0 aliphatic carbocycles. The summed E-state index contributed by atoms with van der Waals surface area (Å²) in [4.78, 5) is 29.5. The van der Waals surface area contributed by atoms with E-state index < -0.39 is 0 Å². The van der Waals surface area contributed by atoms with Crippen LogP contribution in [0.1, 0.15) is 32.9 Å². The number of nitrogens with one attached hydrogen (secondary N) is 1. The van der Waals surface area contributed by atoms with E-state index in [-0.39, 0.29) is 11.7 Å². The number of carbonyl (C=O) groups is 2. The molecule has 1 saturated heterocycles.